The van der Waals surface area contributed by atoms with Crippen molar-refractivity contribution in [2.75, 3.05) is 5.73 Å². The molecule has 98 valence electrons. The molecule has 1 heterocycles. The summed E-state index contributed by atoms with van der Waals surface area (Å²) in [6.45, 7) is 0. The lowest BCUT2D eigenvalue weighted by atomic mass is 9.97. The molecule has 2 rings (SSSR count). The summed E-state index contributed by atoms with van der Waals surface area (Å²) < 4.78 is 0.698. The summed E-state index contributed by atoms with van der Waals surface area (Å²) in [7, 11) is 0. The third-order valence-corrected chi connectivity index (χ3v) is 3.49. The number of hydrogen-bond acceptors (Lipinski definition) is 4. The minimum absolute atomic E-state index is 0.0150. The monoisotopic (exact) mass is 348 g/mol. The number of nitrogen functional groups attached to an aromatic ring is 1. The fraction of sp³-hybridized carbons (Fsp3) is 0. The van der Waals surface area contributed by atoms with Crippen molar-refractivity contribution in [1.29, 1.82) is 10.5 Å². The van der Waals surface area contributed by atoms with Crippen LogP contribution in [-0.4, -0.2) is 4.98 Å². The highest BCUT2D eigenvalue weighted by molar-refractivity contribution is 9.10. The van der Waals surface area contributed by atoms with Gasteiger partial charge in [-0.3, -0.25) is 4.79 Å². The first-order chi connectivity index (χ1) is 9.49. The third kappa shape index (κ3) is 2.27. The van der Waals surface area contributed by atoms with Crippen LogP contribution in [0.1, 0.15) is 11.1 Å². The van der Waals surface area contributed by atoms with Crippen LogP contribution in [0.15, 0.2) is 27.5 Å². The van der Waals surface area contributed by atoms with Crippen LogP contribution in [0, 0.1) is 22.7 Å². The molecule has 20 heavy (non-hydrogen) atoms. The second-order valence-corrected chi connectivity index (χ2v) is 5.16. The normalized spacial score (nSPS) is 9.80. The number of nitrogens with one attached hydrogen (secondary N) is 1. The van der Waals surface area contributed by atoms with Crippen LogP contribution in [0.3, 0.4) is 0 Å². The molecular weight excluding hydrogens is 344 g/mol. The van der Waals surface area contributed by atoms with Crippen molar-refractivity contribution in [3.05, 3.63) is 49.2 Å². The molecule has 0 atom stereocenters. The van der Waals surface area contributed by atoms with Gasteiger partial charge < -0.3 is 10.7 Å². The predicted octanol–water partition coefficient (Wildman–Crippen LogP) is 2.78. The first-order valence-corrected chi connectivity index (χ1v) is 6.48. The Morgan fingerprint density at radius 1 is 1.25 bits per heavy atom. The van der Waals surface area contributed by atoms with Crippen molar-refractivity contribution < 1.29 is 0 Å². The molecule has 0 radical (unpaired) electrons. The lowest BCUT2D eigenvalue weighted by molar-refractivity contribution is 1.21. The fourth-order valence-corrected chi connectivity index (χ4v) is 2.37. The van der Waals surface area contributed by atoms with E-state index < -0.39 is 5.56 Å². The van der Waals surface area contributed by atoms with Gasteiger partial charge in [-0.1, -0.05) is 27.5 Å². The van der Waals surface area contributed by atoms with E-state index in [9.17, 15) is 10.1 Å². The highest BCUT2D eigenvalue weighted by Gasteiger charge is 2.20. The first kappa shape index (κ1) is 14.1. The van der Waals surface area contributed by atoms with Gasteiger partial charge in [0.25, 0.3) is 5.56 Å². The van der Waals surface area contributed by atoms with Crippen LogP contribution < -0.4 is 11.3 Å². The number of nitriles is 2. The third-order valence-electron chi connectivity index (χ3n) is 2.67. The van der Waals surface area contributed by atoms with Gasteiger partial charge in [0.1, 0.15) is 29.1 Å². The molecule has 3 N–H and O–H groups in total. The Morgan fingerprint density at radius 2 is 1.90 bits per heavy atom. The van der Waals surface area contributed by atoms with E-state index in [0.29, 0.717) is 15.1 Å². The highest BCUT2D eigenvalue weighted by atomic mass is 79.9. The molecule has 0 bridgehead atoms. The molecular formula is C13H6BrClN4O. The Labute approximate surface area is 127 Å². The summed E-state index contributed by atoms with van der Waals surface area (Å²) in [6, 6.07) is 8.61. The lowest BCUT2D eigenvalue weighted by Crippen LogP contribution is -2.16. The van der Waals surface area contributed by atoms with Crippen molar-refractivity contribution in [3.8, 4) is 23.3 Å². The standard InChI is InChI=1S/C13H6BrClN4O/c14-6-1-2-10(15)7(3-6)11-8(4-16)12(18)19-13(20)9(11)5-17/h1-3H,(H3,18,19,20). The van der Waals surface area contributed by atoms with Gasteiger partial charge in [0.2, 0.25) is 0 Å². The smallest absolute Gasteiger partial charge is 0.268 e. The number of nitrogens with zero attached hydrogens (tertiary/aromatic N) is 2. The second kappa shape index (κ2) is 5.38. The molecule has 1 aromatic heterocycles. The summed E-state index contributed by atoms with van der Waals surface area (Å²) in [5.74, 6) is -0.0949. The Morgan fingerprint density at radius 3 is 2.50 bits per heavy atom. The molecule has 0 unspecified atom stereocenters. The Bertz CT molecular complexity index is 845. The van der Waals surface area contributed by atoms with Crippen molar-refractivity contribution in [3.63, 3.8) is 0 Å². The van der Waals surface area contributed by atoms with Crippen LogP contribution in [0.5, 0.6) is 0 Å². The maximum absolute atomic E-state index is 11.8. The summed E-state index contributed by atoms with van der Waals surface area (Å²) in [6.07, 6.45) is 0. The van der Waals surface area contributed by atoms with Crippen molar-refractivity contribution in [2.45, 2.75) is 0 Å². The van der Waals surface area contributed by atoms with E-state index in [1.807, 2.05) is 6.07 Å². The van der Waals surface area contributed by atoms with Crippen molar-refractivity contribution in [2.24, 2.45) is 0 Å². The number of pyridine rings is 1. The summed E-state index contributed by atoms with van der Waals surface area (Å²) in [5, 5.41) is 18.7. The van der Waals surface area contributed by atoms with Crippen molar-refractivity contribution in [1.82, 2.24) is 4.98 Å². The summed E-state index contributed by atoms with van der Waals surface area (Å²) >= 11 is 9.38. The fourth-order valence-electron chi connectivity index (χ4n) is 1.80. The zero-order valence-corrected chi connectivity index (χ0v) is 12.2. The largest absolute Gasteiger partial charge is 0.384 e. The molecule has 7 heteroatoms. The number of aromatic amines is 1. The zero-order valence-electron chi connectivity index (χ0n) is 9.87. The lowest BCUT2D eigenvalue weighted by Gasteiger charge is -2.10. The molecule has 0 amide bonds. The minimum Gasteiger partial charge on any atom is -0.384 e. The average Bonchev–Trinajstić information content (AvgIpc) is 2.41. The Hall–Kier alpha value is -2.28. The quantitative estimate of drug-likeness (QED) is 0.825. The van der Waals surface area contributed by atoms with Crippen LogP contribution in [0.2, 0.25) is 5.02 Å². The minimum atomic E-state index is -0.657. The molecule has 5 nitrogen and oxygen atoms in total. The van der Waals surface area contributed by atoms with E-state index in [0.717, 1.165) is 0 Å². The highest BCUT2D eigenvalue weighted by Crippen LogP contribution is 2.35. The van der Waals surface area contributed by atoms with Crippen LogP contribution in [-0.2, 0) is 0 Å². The Kier molecular flexibility index (Phi) is 3.80. The molecule has 0 saturated heterocycles. The Balaban J connectivity index is 3.00. The summed E-state index contributed by atoms with van der Waals surface area (Å²) in [5.41, 5.74) is 5.34. The van der Waals surface area contributed by atoms with Gasteiger partial charge in [0, 0.05) is 20.6 Å². The molecule has 0 aliphatic rings. The van der Waals surface area contributed by atoms with Gasteiger partial charge >= 0.3 is 0 Å². The molecule has 1 aromatic carbocycles. The summed E-state index contributed by atoms with van der Waals surface area (Å²) in [4.78, 5) is 14.1. The van der Waals surface area contributed by atoms with Crippen molar-refractivity contribution >= 4 is 33.3 Å². The maximum Gasteiger partial charge on any atom is 0.268 e. The average molecular weight is 350 g/mol. The number of H-pyrrole nitrogens is 1. The van der Waals surface area contributed by atoms with Gasteiger partial charge in [-0.05, 0) is 18.2 Å². The first-order valence-electron chi connectivity index (χ1n) is 5.31. The van der Waals surface area contributed by atoms with Crippen LogP contribution in [0.25, 0.3) is 11.1 Å². The van der Waals surface area contributed by atoms with Gasteiger partial charge in [-0.2, -0.15) is 10.5 Å². The SMILES string of the molecule is N#Cc1c(N)[nH]c(=O)c(C#N)c1-c1cc(Br)ccc1Cl. The van der Waals surface area contributed by atoms with E-state index in [1.165, 1.54) is 0 Å². The predicted molar refractivity (Wildman–Crippen MR) is 79.1 cm³/mol. The number of halogens is 2. The number of benzene rings is 1. The van der Waals surface area contributed by atoms with E-state index in [-0.39, 0.29) is 22.5 Å². The second-order valence-electron chi connectivity index (χ2n) is 3.84. The maximum atomic E-state index is 11.8. The molecule has 0 fully saturated rings. The van der Waals surface area contributed by atoms with Gasteiger partial charge in [-0.25, -0.2) is 0 Å². The van der Waals surface area contributed by atoms with Gasteiger partial charge in [-0.15, -0.1) is 0 Å². The van der Waals surface area contributed by atoms with Crippen LogP contribution in [0.4, 0.5) is 5.82 Å². The van der Waals surface area contributed by atoms with E-state index in [2.05, 4.69) is 20.9 Å². The molecule has 0 saturated carbocycles. The van der Waals surface area contributed by atoms with Gasteiger partial charge in [0.15, 0.2) is 0 Å². The molecule has 0 aliphatic heterocycles. The number of rotatable bonds is 1. The van der Waals surface area contributed by atoms with E-state index in [4.69, 9.17) is 22.6 Å². The van der Waals surface area contributed by atoms with E-state index in [1.54, 1.807) is 24.3 Å². The molecule has 0 spiro atoms. The van der Waals surface area contributed by atoms with Gasteiger partial charge in [0.05, 0.1) is 0 Å². The molecule has 0 aliphatic carbocycles. The number of anilines is 1. The van der Waals surface area contributed by atoms with Crippen LogP contribution >= 0.6 is 27.5 Å². The number of hydrogen-bond donors (Lipinski definition) is 2. The molecule has 2 aromatic rings. The zero-order chi connectivity index (χ0) is 14.9. The van der Waals surface area contributed by atoms with E-state index >= 15 is 0 Å². The topological polar surface area (TPSA) is 106 Å². The number of aromatic nitrogens is 1. The number of nitrogens with two attached hydrogens (primary N) is 1.